The zero-order valence-corrected chi connectivity index (χ0v) is 11.2. The fourth-order valence-electron chi connectivity index (χ4n) is 1.32. The molecule has 0 spiro atoms. The second-order valence-corrected chi connectivity index (χ2v) is 4.35. The van der Waals surface area contributed by atoms with E-state index in [4.69, 9.17) is 4.74 Å². The molecule has 0 aliphatic rings. The predicted octanol–water partition coefficient (Wildman–Crippen LogP) is 3.36. The number of anilines is 1. The van der Waals surface area contributed by atoms with Gasteiger partial charge in [0.1, 0.15) is 11.6 Å². The van der Waals surface area contributed by atoms with Crippen LogP contribution in [-0.4, -0.2) is 29.3 Å². The number of hydrogen-bond acceptors (Lipinski definition) is 4. The summed E-state index contributed by atoms with van der Waals surface area (Å²) in [4.78, 5) is 8.35. The molecule has 1 heterocycles. The molecule has 1 aromatic heterocycles. The molecule has 0 aliphatic heterocycles. The first-order valence-electron chi connectivity index (χ1n) is 6.14. The van der Waals surface area contributed by atoms with Crippen LogP contribution in [0.15, 0.2) is 6.07 Å². The number of nitrogens with zero attached hydrogens (tertiary/aromatic N) is 2. The third-order valence-corrected chi connectivity index (χ3v) is 2.23. The summed E-state index contributed by atoms with van der Waals surface area (Å²) in [6.07, 6.45) is -5.22. The normalized spacial score (nSPS) is 11.7. The van der Waals surface area contributed by atoms with E-state index in [1.165, 1.54) is 6.07 Å². The van der Waals surface area contributed by atoms with Crippen molar-refractivity contribution in [2.75, 3.05) is 18.5 Å². The van der Waals surface area contributed by atoms with Gasteiger partial charge in [0.2, 0.25) is 5.88 Å². The molecular formula is C12H18F3N3O. The van der Waals surface area contributed by atoms with Crippen LogP contribution >= 0.6 is 0 Å². The molecule has 0 saturated heterocycles. The summed E-state index contributed by atoms with van der Waals surface area (Å²) in [5.41, 5.74) is 0. The molecule has 0 saturated carbocycles. The van der Waals surface area contributed by atoms with Crippen molar-refractivity contribution in [3.8, 4) is 5.88 Å². The van der Waals surface area contributed by atoms with Crippen molar-refractivity contribution in [2.45, 2.75) is 39.3 Å². The van der Waals surface area contributed by atoms with Crippen molar-refractivity contribution >= 4 is 5.82 Å². The summed E-state index contributed by atoms with van der Waals surface area (Å²) < 4.78 is 41.2. The molecule has 0 aliphatic carbocycles. The zero-order valence-electron chi connectivity index (χ0n) is 11.2. The number of hydrogen-bond donors (Lipinski definition) is 1. The summed E-state index contributed by atoms with van der Waals surface area (Å²) in [5, 5.41) is 3.00. The Morgan fingerprint density at radius 1 is 1.32 bits per heavy atom. The van der Waals surface area contributed by atoms with Gasteiger partial charge in [0.15, 0.2) is 0 Å². The average molecular weight is 277 g/mol. The van der Waals surface area contributed by atoms with Gasteiger partial charge in [0.05, 0.1) is 13.0 Å². The number of alkyl halides is 3. The Balaban J connectivity index is 2.75. The fraction of sp³-hybridized carbons (Fsp3) is 0.667. The highest BCUT2D eigenvalue weighted by Crippen LogP contribution is 2.22. The average Bonchev–Trinajstić information content (AvgIpc) is 2.27. The Kier molecular flexibility index (Phi) is 5.38. The predicted molar refractivity (Wildman–Crippen MR) is 66.5 cm³/mol. The molecule has 1 rings (SSSR count). The lowest BCUT2D eigenvalue weighted by Gasteiger charge is -2.12. The van der Waals surface area contributed by atoms with Crippen LogP contribution in [0.1, 0.15) is 38.9 Å². The van der Waals surface area contributed by atoms with Crippen LogP contribution in [0.3, 0.4) is 0 Å². The van der Waals surface area contributed by atoms with Gasteiger partial charge in [-0.2, -0.15) is 18.2 Å². The largest absolute Gasteiger partial charge is 0.477 e. The molecule has 0 radical (unpaired) electrons. The first-order valence-corrected chi connectivity index (χ1v) is 6.14. The van der Waals surface area contributed by atoms with E-state index in [-0.39, 0.29) is 11.8 Å². The lowest BCUT2D eigenvalue weighted by molar-refractivity contribution is -0.139. The van der Waals surface area contributed by atoms with E-state index in [0.717, 1.165) is 0 Å². The van der Waals surface area contributed by atoms with E-state index in [0.29, 0.717) is 18.2 Å². The third kappa shape index (κ3) is 5.76. The summed E-state index contributed by atoms with van der Waals surface area (Å²) in [6.45, 7) is 5.94. The van der Waals surface area contributed by atoms with Gasteiger partial charge in [-0.3, -0.25) is 0 Å². The summed E-state index contributed by atoms with van der Waals surface area (Å²) in [6, 6.07) is 1.51. The monoisotopic (exact) mass is 277 g/mol. The Morgan fingerprint density at radius 3 is 2.53 bits per heavy atom. The molecule has 7 heteroatoms. The van der Waals surface area contributed by atoms with Crippen LogP contribution in [0.5, 0.6) is 5.88 Å². The van der Waals surface area contributed by atoms with E-state index in [9.17, 15) is 13.2 Å². The number of ether oxygens (including phenoxy) is 1. The Labute approximate surface area is 110 Å². The van der Waals surface area contributed by atoms with Gasteiger partial charge in [-0.05, 0) is 6.92 Å². The maximum atomic E-state index is 12.0. The molecule has 0 aromatic carbocycles. The first-order chi connectivity index (χ1) is 8.81. The summed E-state index contributed by atoms with van der Waals surface area (Å²) in [7, 11) is 0. The summed E-state index contributed by atoms with van der Waals surface area (Å²) in [5.74, 6) is 1.34. The standard InChI is InChI=1S/C12H18F3N3O/c1-4-16-9-7-10(18-11(17-9)8(2)3)19-6-5-12(13,14)15/h7-8H,4-6H2,1-3H3,(H,16,17,18). The van der Waals surface area contributed by atoms with E-state index >= 15 is 0 Å². The smallest absolute Gasteiger partial charge is 0.392 e. The first kappa shape index (κ1) is 15.5. The van der Waals surface area contributed by atoms with Gasteiger partial charge < -0.3 is 10.1 Å². The highest BCUT2D eigenvalue weighted by atomic mass is 19.4. The highest BCUT2D eigenvalue weighted by Gasteiger charge is 2.27. The SMILES string of the molecule is CCNc1cc(OCCC(F)(F)F)nc(C(C)C)n1. The van der Waals surface area contributed by atoms with E-state index in [1.54, 1.807) is 0 Å². The van der Waals surface area contributed by atoms with Gasteiger partial charge in [-0.15, -0.1) is 0 Å². The molecule has 19 heavy (non-hydrogen) atoms. The topological polar surface area (TPSA) is 47.0 Å². The Bertz CT molecular complexity index is 408. The third-order valence-electron chi connectivity index (χ3n) is 2.23. The molecule has 0 bridgehead atoms. The van der Waals surface area contributed by atoms with Crippen LogP contribution in [0.4, 0.5) is 19.0 Å². The fourth-order valence-corrected chi connectivity index (χ4v) is 1.32. The van der Waals surface area contributed by atoms with Crippen LogP contribution in [0.2, 0.25) is 0 Å². The molecular weight excluding hydrogens is 259 g/mol. The van der Waals surface area contributed by atoms with Gasteiger partial charge in [0, 0.05) is 18.5 Å². The molecule has 108 valence electrons. The molecule has 4 nitrogen and oxygen atoms in total. The molecule has 1 N–H and O–H groups in total. The number of aromatic nitrogens is 2. The van der Waals surface area contributed by atoms with Crippen molar-refractivity contribution < 1.29 is 17.9 Å². The quantitative estimate of drug-likeness (QED) is 0.866. The molecule has 0 fully saturated rings. The molecule has 0 unspecified atom stereocenters. The zero-order chi connectivity index (χ0) is 14.5. The number of rotatable bonds is 6. The second kappa shape index (κ2) is 6.58. The van der Waals surface area contributed by atoms with Crippen LogP contribution < -0.4 is 10.1 Å². The Hall–Kier alpha value is -1.53. The van der Waals surface area contributed by atoms with Crippen molar-refractivity contribution in [3.05, 3.63) is 11.9 Å². The minimum atomic E-state index is -4.22. The van der Waals surface area contributed by atoms with E-state index in [2.05, 4.69) is 15.3 Å². The van der Waals surface area contributed by atoms with Gasteiger partial charge >= 0.3 is 6.18 Å². The minimum Gasteiger partial charge on any atom is -0.477 e. The second-order valence-electron chi connectivity index (χ2n) is 4.35. The lowest BCUT2D eigenvalue weighted by atomic mass is 10.2. The van der Waals surface area contributed by atoms with E-state index in [1.807, 2.05) is 20.8 Å². The van der Waals surface area contributed by atoms with Crippen LogP contribution in [0.25, 0.3) is 0 Å². The molecule has 1 aromatic rings. The van der Waals surface area contributed by atoms with Crippen molar-refractivity contribution in [3.63, 3.8) is 0 Å². The Morgan fingerprint density at radius 2 is 2.00 bits per heavy atom. The van der Waals surface area contributed by atoms with Crippen LogP contribution in [-0.2, 0) is 0 Å². The van der Waals surface area contributed by atoms with Gasteiger partial charge in [-0.1, -0.05) is 13.8 Å². The minimum absolute atomic E-state index is 0.0728. The number of halogens is 3. The highest BCUT2D eigenvalue weighted by molar-refractivity contribution is 5.38. The van der Waals surface area contributed by atoms with Crippen molar-refractivity contribution in [1.82, 2.24) is 9.97 Å². The lowest BCUT2D eigenvalue weighted by Crippen LogP contribution is -2.14. The van der Waals surface area contributed by atoms with Crippen molar-refractivity contribution in [1.29, 1.82) is 0 Å². The molecule has 0 amide bonds. The van der Waals surface area contributed by atoms with Gasteiger partial charge in [-0.25, -0.2) is 4.98 Å². The molecule has 0 atom stereocenters. The van der Waals surface area contributed by atoms with E-state index < -0.39 is 19.2 Å². The maximum Gasteiger partial charge on any atom is 0.392 e. The number of nitrogens with one attached hydrogen (secondary N) is 1. The summed E-state index contributed by atoms with van der Waals surface area (Å²) >= 11 is 0. The maximum absolute atomic E-state index is 12.0. The van der Waals surface area contributed by atoms with Crippen molar-refractivity contribution in [2.24, 2.45) is 0 Å². The van der Waals surface area contributed by atoms with Crippen LogP contribution in [0, 0.1) is 0 Å². The van der Waals surface area contributed by atoms with Gasteiger partial charge in [0.25, 0.3) is 0 Å².